The quantitative estimate of drug-likeness (QED) is 0.774. The van der Waals surface area contributed by atoms with Crippen molar-refractivity contribution in [2.45, 2.75) is 37.2 Å². The van der Waals surface area contributed by atoms with Crippen LogP contribution in [0.15, 0.2) is 45.9 Å². The van der Waals surface area contributed by atoms with Crippen LogP contribution in [-0.4, -0.2) is 42.9 Å². The van der Waals surface area contributed by atoms with E-state index >= 15 is 0 Å². The molecule has 0 aliphatic carbocycles. The standard InChI is InChI=1S/C18H20N2O6S/c1-12-6-7-14(27(24,25)19-11-13-4-3-9-26-13)10-15(12)17(21)20-8-2-5-16(20)18(22)23/h3-4,6-7,9-10,16,19H,2,5,8,11H2,1H3,(H,22,23)/t16-/m1/s1. The zero-order valence-corrected chi connectivity index (χ0v) is 15.5. The zero-order valence-electron chi connectivity index (χ0n) is 14.7. The maximum Gasteiger partial charge on any atom is 0.326 e. The summed E-state index contributed by atoms with van der Waals surface area (Å²) in [5.41, 5.74) is 0.769. The fourth-order valence-electron chi connectivity index (χ4n) is 3.08. The third-order valence-electron chi connectivity index (χ3n) is 4.56. The van der Waals surface area contributed by atoms with Crippen molar-refractivity contribution >= 4 is 21.9 Å². The summed E-state index contributed by atoms with van der Waals surface area (Å²) in [5.74, 6) is -1.06. The van der Waals surface area contributed by atoms with Crippen molar-refractivity contribution in [2.75, 3.05) is 6.54 Å². The van der Waals surface area contributed by atoms with Crippen molar-refractivity contribution in [1.29, 1.82) is 0 Å². The lowest BCUT2D eigenvalue weighted by atomic mass is 10.1. The van der Waals surface area contributed by atoms with Gasteiger partial charge in [-0.1, -0.05) is 6.07 Å². The van der Waals surface area contributed by atoms with E-state index in [2.05, 4.69) is 4.72 Å². The number of carboxylic acid groups (broad SMARTS) is 1. The van der Waals surface area contributed by atoms with Crippen LogP contribution in [0.3, 0.4) is 0 Å². The third kappa shape index (κ3) is 4.04. The molecule has 144 valence electrons. The molecule has 1 saturated heterocycles. The molecule has 1 aliphatic heterocycles. The Hall–Kier alpha value is -2.65. The molecule has 1 atom stereocenters. The average molecular weight is 392 g/mol. The maximum absolute atomic E-state index is 12.8. The molecule has 8 nitrogen and oxygen atoms in total. The van der Waals surface area contributed by atoms with Gasteiger partial charge >= 0.3 is 5.97 Å². The molecule has 2 N–H and O–H groups in total. The van der Waals surface area contributed by atoms with Crippen LogP contribution in [0.2, 0.25) is 0 Å². The summed E-state index contributed by atoms with van der Waals surface area (Å²) in [6, 6.07) is 6.66. The molecule has 0 spiro atoms. The lowest BCUT2D eigenvalue weighted by Gasteiger charge is -2.22. The minimum atomic E-state index is -3.86. The first-order valence-electron chi connectivity index (χ1n) is 8.46. The number of amides is 1. The summed E-state index contributed by atoms with van der Waals surface area (Å²) in [6.07, 6.45) is 2.44. The number of hydrogen-bond acceptors (Lipinski definition) is 5. The highest BCUT2D eigenvalue weighted by molar-refractivity contribution is 7.89. The van der Waals surface area contributed by atoms with E-state index in [1.165, 1.54) is 23.3 Å². The van der Waals surface area contributed by atoms with Crippen molar-refractivity contribution in [1.82, 2.24) is 9.62 Å². The lowest BCUT2D eigenvalue weighted by molar-refractivity contribution is -0.141. The summed E-state index contributed by atoms with van der Waals surface area (Å²) in [7, 11) is -3.86. The van der Waals surface area contributed by atoms with Crippen molar-refractivity contribution in [3.8, 4) is 0 Å². The van der Waals surface area contributed by atoms with E-state index in [9.17, 15) is 23.1 Å². The van der Waals surface area contributed by atoms with Crippen LogP contribution in [0.4, 0.5) is 0 Å². The second-order valence-corrected chi connectivity index (χ2v) is 8.14. The number of benzene rings is 1. The number of nitrogens with zero attached hydrogens (tertiary/aromatic N) is 1. The molecule has 27 heavy (non-hydrogen) atoms. The molecule has 0 unspecified atom stereocenters. The monoisotopic (exact) mass is 392 g/mol. The van der Waals surface area contributed by atoms with E-state index in [-0.39, 0.29) is 17.0 Å². The minimum absolute atomic E-state index is 0.0142. The van der Waals surface area contributed by atoms with Gasteiger partial charge in [-0.3, -0.25) is 4.79 Å². The van der Waals surface area contributed by atoms with E-state index < -0.39 is 27.9 Å². The fourth-order valence-corrected chi connectivity index (χ4v) is 4.10. The molecule has 0 bridgehead atoms. The van der Waals surface area contributed by atoms with Crippen LogP contribution in [-0.2, 0) is 21.4 Å². The molecule has 2 aromatic rings. The van der Waals surface area contributed by atoms with E-state index in [0.717, 1.165) is 0 Å². The number of aliphatic carboxylic acids is 1. The summed E-state index contributed by atoms with van der Waals surface area (Å²) in [4.78, 5) is 25.4. The highest BCUT2D eigenvalue weighted by Crippen LogP contribution is 2.23. The largest absolute Gasteiger partial charge is 0.480 e. The SMILES string of the molecule is Cc1ccc(S(=O)(=O)NCc2ccco2)cc1C(=O)N1CCC[C@@H]1C(=O)O. The number of likely N-dealkylation sites (tertiary alicyclic amines) is 1. The fraction of sp³-hybridized carbons (Fsp3) is 0.333. The molecule has 0 saturated carbocycles. The summed E-state index contributed by atoms with van der Waals surface area (Å²) < 4.78 is 32.6. The summed E-state index contributed by atoms with van der Waals surface area (Å²) in [5, 5.41) is 9.28. The second kappa shape index (κ2) is 7.53. The van der Waals surface area contributed by atoms with Crippen LogP contribution >= 0.6 is 0 Å². The highest BCUT2D eigenvalue weighted by atomic mass is 32.2. The summed E-state index contributed by atoms with van der Waals surface area (Å²) in [6.45, 7) is 2.01. The number of carbonyl (C=O) groups is 2. The van der Waals surface area contributed by atoms with Gasteiger partial charge in [0.15, 0.2) is 0 Å². The number of carboxylic acids is 1. The van der Waals surface area contributed by atoms with Gasteiger partial charge in [0, 0.05) is 12.1 Å². The van der Waals surface area contributed by atoms with E-state index in [1.807, 2.05) is 0 Å². The Morgan fingerprint density at radius 2 is 2.11 bits per heavy atom. The molecule has 3 rings (SSSR count). The van der Waals surface area contributed by atoms with Gasteiger partial charge in [0.25, 0.3) is 5.91 Å². The van der Waals surface area contributed by atoms with Gasteiger partial charge in [-0.25, -0.2) is 17.9 Å². The molecular weight excluding hydrogens is 372 g/mol. The highest BCUT2D eigenvalue weighted by Gasteiger charge is 2.35. The summed E-state index contributed by atoms with van der Waals surface area (Å²) >= 11 is 0. The van der Waals surface area contributed by atoms with Gasteiger partial charge in [-0.15, -0.1) is 0 Å². The van der Waals surface area contributed by atoms with Gasteiger partial charge in [0.2, 0.25) is 10.0 Å². The Morgan fingerprint density at radius 3 is 2.78 bits per heavy atom. The second-order valence-electron chi connectivity index (χ2n) is 6.38. The number of rotatable bonds is 6. The van der Waals surface area contributed by atoms with Crippen LogP contribution in [0, 0.1) is 6.92 Å². The van der Waals surface area contributed by atoms with Crippen LogP contribution < -0.4 is 4.72 Å². The predicted molar refractivity (Wildman–Crippen MR) is 95.6 cm³/mol. The van der Waals surface area contributed by atoms with Gasteiger partial charge in [0.1, 0.15) is 11.8 Å². The molecule has 0 radical (unpaired) electrons. The van der Waals surface area contributed by atoms with Crippen LogP contribution in [0.25, 0.3) is 0 Å². The van der Waals surface area contributed by atoms with Crippen molar-refractivity contribution in [3.05, 3.63) is 53.5 Å². The third-order valence-corrected chi connectivity index (χ3v) is 5.96. The Labute approximate surface area is 156 Å². The number of sulfonamides is 1. The predicted octanol–water partition coefficient (Wildman–Crippen LogP) is 1.76. The number of carbonyl (C=O) groups excluding carboxylic acids is 1. The van der Waals surface area contributed by atoms with Crippen LogP contribution in [0.5, 0.6) is 0 Å². The molecule has 9 heteroatoms. The van der Waals surface area contributed by atoms with Crippen LogP contribution in [0.1, 0.15) is 34.5 Å². The first kappa shape index (κ1) is 19.1. The molecule has 1 amide bonds. The van der Waals surface area contributed by atoms with Gasteiger partial charge in [-0.2, -0.15) is 0 Å². The maximum atomic E-state index is 12.8. The van der Waals surface area contributed by atoms with Crippen molar-refractivity contribution in [3.63, 3.8) is 0 Å². The van der Waals surface area contributed by atoms with Crippen molar-refractivity contribution < 1.29 is 27.5 Å². The number of aryl methyl sites for hydroxylation is 1. The van der Waals surface area contributed by atoms with E-state index in [4.69, 9.17) is 4.42 Å². The van der Waals surface area contributed by atoms with E-state index in [0.29, 0.717) is 30.7 Å². The Kier molecular flexibility index (Phi) is 5.33. The normalized spacial score (nSPS) is 17.2. The number of hydrogen-bond donors (Lipinski definition) is 2. The zero-order chi connectivity index (χ0) is 19.6. The van der Waals surface area contributed by atoms with Crippen molar-refractivity contribution in [2.24, 2.45) is 0 Å². The first-order chi connectivity index (χ1) is 12.8. The smallest absolute Gasteiger partial charge is 0.326 e. The van der Waals surface area contributed by atoms with Gasteiger partial charge in [0.05, 0.1) is 17.7 Å². The molecule has 1 fully saturated rings. The number of furan rings is 1. The average Bonchev–Trinajstić information content (AvgIpc) is 3.31. The van der Waals surface area contributed by atoms with E-state index in [1.54, 1.807) is 25.1 Å². The Bertz CT molecular complexity index is 952. The Morgan fingerprint density at radius 1 is 1.33 bits per heavy atom. The topological polar surface area (TPSA) is 117 Å². The molecule has 2 heterocycles. The Balaban J connectivity index is 1.85. The number of nitrogens with one attached hydrogen (secondary N) is 1. The van der Waals surface area contributed by atoms with Gasteiger partial charge < -0.3 is 14.4 Å². The molecule has 1 aromatic heterocycles. The minimum Gasteiger partial charge on any atom is -0.480 e. The molecular formula is C18H20N2O6S. The molecule has 1 aromatic carbocycles. The van der Waals surface area contributed by atoms with Gasteiger partial charge in [-0.05, 0) is 49.6 Å². The first-order valence-corrected chi connectivity index (χ1v) is 9.94. The molecule has 1 aliphatic rings. The lowest BCUT2D eigenvalue weighted by Crippen LogP contribution is -2.40.